The molecule has 0 saturated carbocycles. The lowest BCUT2D eigenvalue weighted by Crippen LogP contribution is -2.06. The summed E-state index contributed by atoms with van der Waals surface area (Å²) < 4.78 is 1.96. The van der Waals surface area contributed by atoms with Crippen molar-refractivity contribution in [3.8, 4) is 11.3 Å². The Hall–Kier alpha value is -1.61. The monoisotopic (exact) mass is 229 g/mol. The second-order valence-corrected chi connectivity index (χ2v) is 4.09. The van der Waals surface area contributed by atoms with Crippen LogP contribution in [0.3, 0.4) is 0 Å². The van der Waals surface area contributed by atoms with Crippen LogP contribution in [-0.4, -0.2) is 9.78 Å². The Balaban J connectivity index is 2.35. The minimum atomic E-state index is 0.536. The molecule has 0 aliphatic carbocycles. The van der Waals surface area contributed by atoms with E-state index in [0.29, 0.717) is 6.54 Å². The zero-order valence-electron chi connectivity index (χ0n) is 10.5. The van der Waals surface area contributed by atoms with Crippen LogP contribution in [0.1, 0.15) is 25.1 Å². The van der Waals surface area contributed by atoms with Gasteiger partial charge in [0.25, 0.3) is 0 Å². The molecule has 0 unspecified atom stereocenters. The molecule has 0 fully saturated rings. The highest BCUT2D eigenvalue weighted by Crippen LogP contribution is 2.20. The molecule has 0 bridgehead atoms. The third-order valence-electron chi connectivity index (χ3n) is 3.03. The first-order valence-corrected chi connectivity index (χ1v) is 6.14. The van der Waals surface area contributed by atoms with E-state index in [0.717, 1.165) is 29.9 Å². The van der Waals surface area contributed by atoms with E-state index in [4.69, 9.17) is 5.73 Å². The van der Waals surface area contributed by atoms with Gasteiger partial charge in [0.05, 0.1) is 11.4 Å². The van der Waals surface area contributed by atoms with Crippen molar-refractivity contribution in [1.82, 2.24) is 9.78 Å². The number of nitrogens with two attached hydrogens (primary N) is 1. The van der Waals surface area contributed by atoms with Gasteiger partial charge in [-0.15, -0.1) is 0 Å². The molecule has 2 aromatic rings. The van der Waals surface area contributed by atoms with Crippen LogP contribution in [0.25, 0.3) is 11.3 Å². The number of aromatic nitrogens is 2. The van der Waals surface area contributed by atoms with E-state index < -0.39 is 0 Å². The lowest BCUT2D eigenvalue weighted by atomic mass is 10.1. The van der Waals surface area contributed by atoms with E-state index in [1.165, 1.54) is 5.56 Å². The Kier molecular flexibility index (Phi) is 3.59. The largest absolute Gasteiger partial charge is 0.325 e. The topological polar surface area (TPSA) is 43.8 Å². The number of hydrogen-bond acceptors (Lipinski definition) is 2. The number of rotatable bonds is 4. The summed E-state index contributed by atoms with van der Waals surface area (Å²) >= 11 is 0. The van der Waals surface area contributed by atoms with Crippen molar-refractivity contribution >= 4 is 0 Å². The van der Waals surface area contributed by atoms with E-state index in [1.807, 2.05) is 4.68 Å². The first kappa shape index (κ1) is 11.9. The summed E-state index contributed by atoms with van der Waals surface area (Å²) in [7, 11) is 0. The van der Waals surface area contributed by atoms with Gasteiger partial charge in [0.15, 0.2) is 0 Å². The Morgan fingerprint density at radius 1 is 1.18 bits per heavy atom. The molecule has 1 heterocycles. The fourth-order valence-corrected chi connectivity index (χ4v) is 1.95. The summed E-state index contributed by atoms with van der Waals surface area (Å²) in [4.78, 5) is 0. The van der Waals surface area contributed by atoms with Crippen LogP contribution >= 0.6 is 0 Å². The summed E-state index contributed by atoms with van der Waals surface area (Å²) in [5, 5.41) is 4.56. The quantitative estimate of drug-likeness (QED) is 0.875. The van der Waals surface area contributed by atoms with Gasteiger partial charge in [0.1, 0.15) is 0 Å². The van der Waals surface area contributed by atoms with Gasteiger partial charge in [-0.1, -0.05) is 31.2 Å². The minimum Gasteiger partial charge on any atom is -0.325 e. The summed E-state index contributed by atoms with van der Waals surface area (Å²) in [6.07, 6.45) is 1.07. The molecule has 2 rings (SSSR count). The molecular formula is C14H19N3. The average molecular weight is 229 g/mol. The molecular weight excluding hydrogens is 210 g/mol. The van der Waals surface area contributed by atoms with Crippen molar-refractivity contribution < 1.29 is 0 Å². The molecule has 0 aliphatic heterocycles. The van der Waals surface area contributed by atoms with E-state index in [-0.39, 0.29) is 0 Å². The molecule has 0 radical (unpaired) electrons. The minimum absolute atomic E-state index is 0.536. The lowest BCUT2D eigenvalue weighted by molar-refractivity contribution is 0.624. The van der Waals surface area contributed by atoms with Gasteiger partial charge in [-0.3, -0.25) is 4.68 Å². The molecule has 0 atom stereocenters. The SMILES string of the molecule is CCc1ccc(-c2cc(CN)n(CC)n2)cc1. The summed E-state index contributed by atoms with van der Waals surface area (Å²) in [6.45, 7) is 5.64. The Bertz CT molecular complexity index is 461. The summed E-state index contributed by atoms with van der Waals surface area (Å²) in [5.74, 6) is 0. The maximum atomic E-state index is 5.70. The van der Waals surface area contributed by atoms with Crippen LogP contribution in [0, 0.1) is 0 Å². The summed E-state index contributed by atoms with van der Waals surface area (Å²) in [5.41, 5.74) is 10.3. The second-order valence-electron chi connectivity index (χ2n) is 4.09. The molecule has 3 nitrogen and oxygen atoms in total. The number of hydrogen-bond donors (Lipinski definition) is 1. The van der Waals surface area contributed by atoms with Crippen LogP contribution in [0.4, 0.5) is 0 Å². The van der Waals surface area contributed by atoms with Crippen molar-refractivity contribution in [2.45, 2.75) is 33.4 Å². The molecule has 0 amide bonds. The van der Waals surface area contributed by atoms with E-state index in [9.17, 15) is 0 Å². The normalized spacial score (nSPS) is 10.8. The highest BCUT2D eigenvalue weighted by molar-refractivity contribution is 5.59. The molecule has 2 N–H and O–H groups in total. The Morgan fingerprint density at radius 2 is 1.88 bits per heavy atom. The van der Waals surface area contributed by atoms with Gasteiger partial charge >= 0.3 is 0 Å². The zero-order valence-corrected chi connectivity index (χ0v) is 10.5. The fourth-order valence-electron chi connectivity index (χ4n) is 1.95. The first-order chi connectivity index (χ1) is 8.28. The third kappa shape index (κ3) is 2.39. The second kappa shape index (κ2) is 5.15. The van der Waals surface area contributed by atoms with Crippen molar-refractivity contribution in [3.63, 3.8) is 0 Å². The molecule has 1 aromatic carbocycles. The molecule has 1 aromatic heterocycles. The van der Waals surface area contributed by atoms with Crippen molar-refractivity contribution in [3.05, 3.63) is 41.6 Å². The van der Waals surface area contributed by atoms with Crippen LogP contribution in [0.5, 0.6) is 0 Å². The number of benzene rings is 1. The van der Waals surface area contributed by atoms with Crippen LogP contribution < -0.4 is 5.73 Å². The van der Waals surface area contributed by atoms with Crippen LogP contribution in [0.2, 0.25) is 0 Å². The van der Waals surface area contributed by atoms with Gasteiger partial charge in [-0.25, -0.2) is 0 Å². The molecule has 3 heteroatoms. The first-order valence-electron chi connectivity index (χ1n) is 6.14. The van der Waals surface area contributed by atoms with Crippen molar-refractivity contribution in [2.75, 3.05) is 0 Å². The zero-order chi connectivity index (χ0) is 12.3. The van der Waals surface area contributed by atoms with Gasteiger partial charge in [-0.2, -0.15) is 5.10 Å². The van der Waals surface area contributed by atoms with Gasteiger partial charge in [-0.05, 0) is 25.0 Å². The van der Waals surface area contributed by atoms with Gasteiger partial charge < -0.3 is 5.73 Å². The smallest absolute Gasteiger partial charge is 0.0926 e. The Labute approximate surface area is 102 Å². The molecule has 0 spiro atoms. The number of aryl methyl sites for hydroxylation is 2. The highest BCUT2D eigenvalue weighted by atomic mass is 15.3. The molecule has 0 aliphatic rings. The average Bonchev–Trinajstić information content (AvgIpc) is 2.82. The maximum absolute atomic E-state index is 5.70. The molecule has 90 valence electrons. The summed E-state index contributed by atoms with van der Waals surface area (Å²) in [6, 6.07) is 10.6. The van der Waals surface area contributed by atoms with Crippen LogP contribution in [0.15, 0.2) is 30.3 Å². The van der Waals surface area contributed by atoms with E-state index in [1.54, 1.807) is 0 Å². The standard InChI is InChI=1S/C14H19N3/c1-3-11-5-7-12(8-6-11)14-9-13(10-15)17(4-2)16-14/h5-9H,3-4,10,15H2,1-2H3. The lowest BCUT2D eigenvalue weighted by Gasteiger charge is -2.00. The number of nitrogens with zero attached hydrogens (tertiary/aromatic N) is 2. The molecule has 17 heavy (non-hydrogen) atoms. The fraction of sp³-hybridized carbons (Fsp3) is 0.357. The van der Waals surface area contributed by atoms with Gasteiger partial charge in [0, 0.05) is 18.7 Å². The predicted molar refractivity (Wildman–Crippen MR) is 70.6 cm³/mol. The third-order valence-corrected chi connectivity index (χ3v) is 3.03. The predicted octanol–water partition coefficient (Wildman–Crippen LogP) is 2.59. The highest BCUT2D eigenvalue weighted by Gasteiger charge is 2.06. The van der Waals surface area contributed by atoms with E-state index >= 15 is 0 Å². The maximum Gasteiger partial charge on any atom is 0.0926 e. The van der Waals surface area contributed by atoms with Crippen molar-refractivity contribution in [1.29, 1.82) is 0 Å². The Morgan fingerprint density at radius 3 is 2.35 bits per heavy atom. The van der Waals surface area contributed by atoms with Crippen molar-refractivity contribution in [2.24, 2.45) is 5.73 Å². The van der Waals surface area contributed by atoms with E-state index in [2.05, 4.69) is 49.3 Å². The molecule has 0 saturated heterocycles. The van der Waals surface area contributed by atoms with Crippen LogP contribution in [-0.2, 0) is 19.5 Å². The van der Waals surface area contributed by atoms with Gasteiger partial charge in [0.2, 0.25) is 0 Å².